The highest BCUT2D eigenvalue weighted by atomic mass is 15.1. The minimum absolute atomic E-state index is 0.719. The van der Waals surface area contributed by atoms with E-state index in [4.69, 9.17) is 0 Å². The van der Waals surface area contributed by atoms with E-state index in [2.05, 4.69) is 45.2 Å². The molecule has 2 aromatic rings. The van der Waals surface area contributed by atoms with Crippen LogP contribution >= 0.6 is 0 Å². The van der Waals surface area contributed by atoms with E-state index in [1.165, 1.54) is 5.57 Å². The summed E-state index contributed by atoms with van der Waals surface area (Å²) < 4.78 is 0. The van der Waals surface area contributed by atoms with Crippen LogP contribution in [0.25, 0.3) is 11.2 Å². The Hall–Kier alpha value is -1.91. The van der Waals surface area contributed by atoms with Crippen molar-refractivity contribution in [1.29, 1.82) is 0 Å². The second kappa shape index (κ2) is 4.95. The molecule has 0 aliphatic heterocycles. The summed E-state index contributed by atoms with van der Waals surface area (Å²) in [5.74, 6) is 1.63. The fourth-order valence-corrected chi connectivity index (χ4v) is 1.52. The van der Waals surface area contributed by atoms with Crippen LogP contribution < -0.4 is 5.32 Å². The number of hydrogen-bond donors (Lipinski definition) is 2. The van der Waals surface area contributed by atoms with Crippen LogP contribution in [0.5, 0.6) is 0 Å². The van der Waals surface area contributed by atoms with E-state index >= 15 is 0 Å². The number of imidazole rings is 1. The Morgan fingerprint density at radius 1 is 1.41 bits per heavy atom. The zero-order valence-electron chi connectivity index (χ0n) is 10.4. The maximum Gasteiger partial charge on any atom is 0.183 e. The van der Waals surface area contributed by atoms with Gasteiger partial charge in [-0.15, -0.1) is 0 Å². The zero-order chi connectivity index (χ0) is 12.3. The Bertz CT molecular complexity index is 537. The normalized spacial score (nSPS) is 10.5. The van der Waals surface area contributed by atoms with Crippen LogP contribution in [0.4, 0.5) is 5.82 Å². The number of fused-ring (bicyclic) bond motifs is 1. The number of anilines is 1. The van der Waals surface area contributed by atoms with E-state index in [0.717, 1.165) is 35.8 Å². The van der Waals surface area contributed by atoms with Crippen LogP contribution in [-0.4, -0.2) is 26.5 Å². The van der Waals surface area contributed by atoms with Gasteiger partial charge in [-0.1, -0.05) is 18.6 Å². The maximum atomic E-state index is 4.47. The van der Waals surface area contributed by atoms with Crippen molar-refractivity contribution in [2.75, 3.05) is 11.9 Å². The van der Waals surface area contributed by atoms with E-state index < -0.39 is 0 Å². The standard InChI is InChI=1S/C12H17N5/c1-4-9-16-11(13-6-5-8(2)3)10-12(17-9)15-7-14-10/h5,7H,4,6H2,1-3H3,(H2,13,14,15,16,17). The molecule has 0 amide bonds. The molecule has 0 aliphatic rings. The predicted molar refractivity (Wildman–Crippen MR) is 69.0 cm³/mol. The van der Waals surface area contributed by atoms with E-state index in [-0.39, 0.29) is 0 Å². The molecule has 0 spiro atoms. The molecule has 2 N–H and O–H groups in total. The lowest BCUT2D eigenvalue weighted by molar-refractivity contribution is 0.954. The molecule has 0 unspecified atom stereocenters. The van der Waals surface area contributed by atoms with Crippen molar-refractivity contribution in [3.05, 3.63) is 23.8 Å². The van der Waals surface area contributed by atoms with E-state index in [1.54, 1.807) is 6.33 Å². The third kappa shape index (κ3) is 2.61. The fourth-order valence-electron chi connectivity index (χ4n) is 1.52. The molecule has 0 aliphatic carbocycles. The first-order chi connectivity index (χ1) is 8.20. The van der Waals surface area contributed by atoms with E-state index in [1.807, 2.05) is 6.92 Å². The number of nitrogens with zero attached hydrogens (tertiary/aromatic N) is 3. The molecule has 2 aromatic heterocycles. The largest absolute Gasteiger partial charge is 0.365 e. The van der Waals surface area contributed by atoms with Crippen molar-refractivity contribution in [2.24, 2.45) is 0 Å². The van der Waals surface area contributed by atoms with E-state index in [9.17, 15) is 0 Å². The highest BCUT2D eigenvalue weighted by molar-refractivity contribution is 5.82. The third-order valence-electron chi connectivity index (χ3n) is 2.43. The van der Waals surface area contributed by atoms with Crippen LogP contribution in [0.15, 0.2) is 18.0 Å². The first kappa shape index (κ1) is 11.6. The van der Waals surface area contributed by atoms with Crippen LogP contribution in [0.1, 0.15) is 26.6 Å². The minimum atomic E-state index is 0.719. The average molecular weight is 231 g/mol. The summed E-state index contributed by atoms with van der Waals surface area (Å²) >= 11 is 0. The number of nitrogens with one attached hydrogen (secondary N) is 2. The number of aromatic nitrogens is 4. The number of hydrogen-bond acceptors (Lipinski definition) is 4. The number of H-pyrrole nitrogens is 1. The van der Waals surface area contributed by atoms with E-state index in [0.29, 0.717) is 0 Å². The molecule has 5 nitrogen and oxygen atoms in total. The van der Waals surface area contributed by atoms with Gasteiger partial charge in [0.15, 0.2) is 11.5 Å². The maximum absolute atomic E-state index is 4.47. The molecule has 0 saturated carbocycles. The Morgan fingerprint density at radius 2 is 2.24 bits per heavy atom. The summed E-state index contributed by atoms with van der Waals surface area (Å²) in [6.07, 6.45) is 4.57. The van der Waals surface area contributed by atoms with Gasteiger partial charge < -0.3 is 10.3 Å². The summed E-state index contributed by atoms with van der Waals surface area (Å²) in [6.45, 7) is 6.94. The number of allylic oxidation sites excluding steroid dienone is 1. The van der Waals surface area contributed by atoms with Crippen LogP contribution in [0, 0.1) is 0 Å². The predicted octanol–water partition coefficient (Wildman–Crippen LogP) is 2.29. The van der Waals surface area contributed by atoms with Gasteiger partial charge in [0.25, 0.3) is 0 Å². The number of aromatic amines is 1. The molecule has 0 fully saturated rings. The topological polar surface area (TPSA) is 66.5 Å². The molecule has 0 saturated heterocycles. The van der Waals surface area contributed by atoms with Gasteiger partial charge in [0.2, 0.25) is 0 Å². The molecule has 0 bridgehead atoms. The number of aryl methyl sites for hydroxylation is 1. The molecule has 5 heteroatoms. The zero-order valence-corrected chi connectivity index (χ0v) is 10.4. The van der Waals surface area contributed by atoms with Gasteiger partial charge >= 0.3 is 0 Å². The Labute approximate surface area is 100 Å². The van der Waals surface area contributed by atoms with Gasteiger partial charge in [-0.2, -0.15) is 0 Å². The second-order valence-corrected chi connectivity index (χ2v) is 4.11. The van der Waals surface area contributed by atoms with Crippen molar-refractivity contribution < 1.29 is 0 Å². The summed E-state index contributed by atoms with van der Waals surface area (Å²) in [6, 6.07) is 0. The number of rotatable bonds is 4. The van der Waals surface area contributed by atoms with Gasteiger partial charge in [0.05, 0.1) is 6.33 Å². The van der Waals surface area contributed by atoms with Crippen LogP contribution in [0.2, 0.25) is 0 Å². The molecule has 2 rings (SSSR count). The molecule has 0 radical (unpaired) electrons. The average Bonchev–Trinajstić information content (AvgIpc) is 2.76. The lowest BCUT2D eigenvalue weighted by Crippen LogP contribution is -2.05. The van der Waals surface area contributed by atoms with Crippen LogP contribution in [-0.2, 0) is 6.42 Å². The fraction of sp³-hybridized carbons (Fsp3) is 0.417. The van der Waals surface area contributed by atoms with Crippen LogP contribution in [0.3, 0.4) is 0 Å². The smallest absolute Gasteiger partial charge is 0.183 e. The van der Waals surface area contributed by atoms with Gasteiger partial charge in [0, 0.05) is 13.0 Å². The minimum Gasteiger partial charge on any atom is -0.365 e. The Morgan fingerprint density at radius 3 is 2.94 bits per heavy atom. The summed E-state index contributed by atoms with van der Waals surface area (Å²) in [7, 11) is 0. The third-order valence-corrected chi connectivity index (χ3v) is 2.43. The highest BCUT2D eigenvalue weighted by Crippen LogP contribution is 2.16. The SMILES string of the molecule is CCc1nc(NCC=C(C)C)c2[nH]cnc2n1. The summed E-state index contributed by atoms with van der Waals surface area (Å²) in [5, 5.41) is 3.28. The summed E-state index contributed by atoms with van der Waals surface area (Å²) in [5.41, 5.74) is 2.86. The van der Waals surface area contributed by atoms with Gasteiger partial charge in [-0.05, 0) is 13.8 Å². The van der Waals surface area contributed by atoms with Gasteiger partial charge in [-0.25, -0.2) is 15.0 Å². The van der Waals surface area contributed by atoms with Gasteiger partial charge in [0.1, 0.15) is 11.3 Å². The first-order valence-electron chi connectivity index (χ1n) is 5.78. The monoisotopic (exact) mass is 231 g/mol. The molecule has 2 heterocycles. The molecular formula is C12H17N5. The Kier molecular flexibility index (Phi) is 3.37. The molecule has 90 valence electrons. The molecular weight excluding hydrogens is 214 g/mol. The van der Waals surface area contributed by atoms with Crippen molar-refractivity contribution in [1.82, 2.24) is 19.9 Å². The highest BCUT2D eigenvalue weighted by Gasteiger charge is 2.07. The summed E-state index contributed by atoms with van der Waals surface area (Å²) in [4.78, 5) is 16.0. The lowest BCUT2D eigenvalue weighted by Gasteiger charge is -2.05. The molecule has 17 heavy (non-hydrogen) atoms. The molecule has 0 atom stereocenters. The quantitative estimate of drug-likeness (QED) is 0.792. The van der Waals surface area contributed by atoms with Crippen molar-refractivity contribution in [3.8, 4) is 0 Å². The second-order valence-electron chi connectivity index (χ2n) is 4.11. The van der Waals surface area contributed by atoms with Gasteiger partial charge in [-0.3, -0.25) is 0 Å². The van der Waals surface area contributed by atoms with Crippen molar-refractivity contribution in [2.45, 2.75) is 27.2 Å². The first-order valence-corrected chi connectivity index (χ1v) is 5.78. The van der Waals surface area contributed by atoms with Crippen molar-refractivity contribution in [3.63, 3.8) is 0 Å². The molecule has 0 aromatic carbocycles. The van der Waals surface area contributed by atoms with Crippen molar-refractivity contribution >= 4 is 17.0 Å². The Balaban J connectivity index is 2.30. The lowest BCUT2D eigenvalue weighted by atomic mass is 10.3.